The average molecular weight is 177 g/mol. The standard InChI is InChI=1S/2C2H5.CH4N2O.Co/c2*1-2;2-1(3)4;/h2*1H2,2H3;(H4,2,3,4);. The number of urea groups is 1. The van der Waals surface area contributed by atoms with Crippen molar-refractivity contribution in [3.63, 3.8) is 0 Å². The Morgan fingerprint density at radius 3 is 1.56 bits per heavy atom. The van der Waals surface area contributed by atoms with E-state index < -0.39 is 6.03 Å². The van der Waals surface area contributed by atoms with Gasteiger partial charge < -0.3 is 11.5 Å². The summed E-state index contributed by atoms with van der Waals surface area (Å²) in [5, 5.41) is 2.62. The summed E-state index contributed by atoms with van der Waals surface area (Å²) in [6, 6.07) is -0.833. The zero-order valence-corrected chi connectivity index (χ0v) is 6.85. The summed E-state index contributed by atoms with van der Waals surface area (Å²) in [6.45, 7) is 4.40. The molecular formula is C5H14CoN2O. The van der Waals surface area contributed by atoms with E-state index in [0.29, 0.717) is 0 Å². The minimum Gasteiger partial charge on any atom is -0.352 e. The molecule has 4 N–H and O–H groups in total. The molecule has 9 heavy (non-hydrogen) atoms. The molecule has 59 valence electrons. The van der Waals surface area contributed by atoms with Crippen LogP contribution in [0.2, 0.25) is 10.7 Å². The van der Waals surface area contributed by atoms with Gasteiger partial charge in [0.1, 0.15) is 0 Å². The smallest absolute Gasteiger partial charge is 0.309 e. The largest absolute Gasteiger partial charge is 0.352 e. The van der Waals surface area contributed by atoms with Gasteiger partial charge >= 0.3 is 45.3 Å². The minimum absolute atomic E-state index is 0.833. The molecule has 0 aliphatic rings. The second kappa shape index (κ2) is 10.7. The van der Waals surface area contributed by atoms with Crippen LogP contribution in [0.1, 0.15) is 13.8 Å². The van der Waals surface area contributed by atoms with E-state index in [-0.39, 0.29) is 0 Å². The molecule has 0 aromatic heterocycles. The van der Waals surface area contributed by atoms with E-state index in [0.717, 1.165) is 0 Å². The van der Waals surface area contributed by atoms with Crippen LogP contribution in [-0.4, -0.2) is 6.03 Å². The Morgan fingerprint density at radius 1 is 1.33 bits per heavy atom. The first kappa shape index (κ1) is 11.6. The molecule has 0 fully saturated rings. The quantitative estimate of drug-likeness (QED) is 0.648. The van der Waals surface area contributed by atoms with E-state index in [2.05, 4.69) is 25.3 Å². The normalized spacial score (nSPS) is 7.78. The predicted octanol–water partition coefficient (Wildman–Crippen LogP) is 0.969. The van der Waals surface area contributed by atoms with Gasteiger partial charge in [0.15, 0.2) is 0 Å². The zero-order valence-electron chi connectivity index (χ0n) is 5.81. The molecule has 2 amide bonds. The molecule has 0 aliphatic heterocycles. The Hall–Kier alpha value is -0.224. The van der Waals surface area contributed by atoms with Crippen LogP contribution < -0.4 is 11.5 Å². The minimum atomic E-state index is -0.833. The summed E-state index contributed by atoms with van der Waals surface area (Å²) in [6.07, 6.45) is 0. The van der Waals surface area contributed by atoms with E-state index >= 15 is 0 Å². The maximum atomic E-state index is 9.00. The molecule has 0 heterocycles. The Bertz CT molecular complexity index is 62.0. The van der Waals surface area contributed by atoms with Gasteiger partial charge in [0.25, 0.3) is 0 Å². The predicted molar refractivity (Wildman–Crippen MR) is 34.7 cm³/mol. The Kier molecular flexibility index (Phi) is 13.7. The summed E-state index contributed by atoms with van der Waals surface area (Å²) in [5.74, 6) is 0. The first-order valence-corrected chi connectivity index (χ1v) is 4.14. The third kappa shape index (κ3) is 82.2. The van der Waals surface area contributed by atoms with Gasteiger partial charge in [0.05, 0.1) is 0 Å². The van der Waals surface area contributed by atoms with Crippen molar-refractivity contribution < 1.29 is 19.5 Å². The number of hydrogen-bond acceptors (Lipinski definition) is 1. The van der Waals surface area contributed by atoms with Gasteiger partial charge in [0, 0.05) is 0 Å². The van der Waals surface area contributed by atoms with Crippen molar-refractivity contribution in [2.75, 3.05) is 0 Å². The van der Waals surface area contributed by atoms with Gasteiger partial charge in [-0.05, 0) is 0 Å². The Morgan fingerprint density at radius 2 is 1.56 bits per heavy atom. The first-order valence-electron chi connectivity index (χ1n) is 2.67. The van der Waals surface area contributed by atoms with Gasteiger partial charge in [-0.15, -0.1) is 0 Å². The summed E-state index contributed by atoms with van der Waals surface area (Å²) in [7, 11) is 0. The summed E-state index contributed by atoms with van der Waals surface area (Å²) < 4.78 is 0. The number of hydrogen-bond donors (Lipinski definition) is 2. The monoisotopic (exact) mass is 177 g/mol. The summed E-state index contributed by atoms with van der Waals surface area (Å²) in [5.41, 5.74) is 8.50. The number of carbonyl (C=O) groups is 1. The second-order valence-electron chi connectivity index (χ2n) is 1.04. The fourth-order valence-corrected chi connectivity index (χ4v) is 0.687. The van der Waals surface area contributed by atoms with Gasteiger partial charge in [0.2, 0.25) is 0 Å². The molecule has 0 aromatic rings. The van der Waals surface area contributed by atoms with Crippen LogP contribution in [0.5, 0.6) is 0 Å². The second-order valence-corrected chi connectivity index (χ2v) is 3.03. The van der Waals surface area contributed by atoms with Crippen molar-refractivity contribution >= 4 is 6.03 Å². The molecule has 0 radical (unpaired) electrons. The fourth-order valence-electron chi connectivity index (χ4n) is 0.167. The molecule has 0 spiro atoms. The van der Waals surface area contributed by atoms with Crippen molar-refractivity contribution in [1.82, 2.24) is 0 Å². The van der Waals surface area contributed by atoms with Gasteiger partial charge in [-0.3, -0.25) is 0 Å². The summed E-state index contributed by atoms with van der Waals surface area (Å²) >= 11 is 1.60. The maximum absolute atomic E-state index is 9.00. The Balaban J connectivity index is 0. The van der Waals surface area contributed by atoms with Gasteiger partial charge in [-0.1, -0.05) is 0 Å². The van der Waals surface area contributed by atoms with E-state index in [9.17, 15) is 0 Å². The number of nitrogens with two attached hydrogens (primary N) is 2. The Labute approximate surface area is 62.2 Å². The van der Waals surface area contributed by atoms with E-state index in [4.69, 9.17) is 4.79 Å². The van der Waals surface area contributed by atoms with Crippen LogP contribution in [0.4, 0.5) is 4.79 Å². The maximum Gasteiger partial charge on any atom is 0.309 e. The molecule has 0 aliphatic carbocycles. The van der Waals surface area contributed by atoms with Gasteiger partial charge in [-0.25, -0.2) is 4.79 Å². The molecule has 0 unspecified atom stereocenters. The molecule has 0 rings (SSSR count). The number of rotatable bonds is 2. The molecule has 0 bridgehead atoms. The SMILES string of the molecule is C[CH2][Co][CH2]C.NC(N)=O. The van der Waals surface area contributed by atoms with E-state index in [1.807, 2.05) is 0 Å². The molecule has 3 nitrogen and oxygen atoms in total. The molecule has 0 saturated heterocycles. The average Bonchev–Trinajstić information content (AvgIpc) is 1.66. The van der Waals surface area contributed by atoms with E-state index in [1.165, 1.54) is 10.7 Å². The van der Waals surface area contributed by atoms with Crippen LogP contribution in [-0.2, 0) is 14.7 Å². The van der Waals surface area contributed by atoms with Crippen LogP contribution in [0.25, 0.3) is 0 Å². The van der Waals surface area contributed by atoms with Crippen LogP contribution in [0.3, 0.4) is 0 Å². The number of primary amides is 2. The molecular weight excluding hydrogens is 163 g/mol. The third-order valence-corrected chi connectivity index (χ3v) is 1.37. The molecule has 0 atom stereocenters. The molecule has 0 aromatic carbocycles. The zero-order chi connectivity index (χ0) is 7.70. The van der Waals surface area contributed by atoms with Gasteiger partial charge in [-0.2, -0.15) is 0 Å². The fraction of sp³-hybridized carbons (Fsp3) is 0.800. The molecule has 0 saturated carbocycles. The number of amides is 2. The topological polar surface area (TPSA) is 69.1 Å². The molecule has 4 heteroatoms. The summed E-state index contributed by atoms with van der Waals surface area (Å²) in [4.78, 5) is 9.00. The van der Waals surface area contributed by atoms with Crippen molar-refractivity contribution in [1.29, 1.82) is 0 Å². The van der Waals surface area contributed by atoms with Crippen LogP contribution in [0.15, 0.2) is 0 Å². The number of carbonyl (C=O) groups excluding carboxylic acids is 1. The first-order chi connectivity index (χ1) is 4.15. The van der Waals surface area contributed by atoms with Crippen molar-refractivity contribution in [3.05, 3.63) is 0 Å². The van der Waals surface area contributed by atoms with Crippen molar-refractivity contribution in [2.24, 2.45) is 11.5 Å². The van der Waals surface area contributed by atoms with Crippen molar-refractivity contribution in [3.8, 4) is 0 Å². The van der Waals surface area contributed by atoms with Crippen molar-refractivity contribution in [2.45, 2.75) is 24.6 Å². The van der Waals surface area contributed by atoms with Crippen LogP contribution in [0, 0.1) is 0 Å². The van der Waals surface area contributed by atoms with E-state index in [1.54, 1.807) is 14.7 Å². The third-order valence-electron chi connectivity index (χ3n) is 0.333. The van der Waals surface area contributed by atoms with Crippen LogP contribution >= 0.6 is 0 Å².